The lowest BCUT2D eigenvalue weighted by Crippen LogP contribution is -1.96. The first-order valence-electron chi connectivity index (χ1n) is 5.64. The largest absolute Gasteiger partial charge is 0.497 e. The zero-order valence-electron chi connectivity index (χ0n) is 10.2. The lowest BCUT2D eigenvalue weighted by Gasteiger charge is -1.99. The Morgan fingerprint density at radius 2 is 1.84 bits per heavy atom. The van der Waals surface area contributed by atoms with Crippen LogP contribution in [0.2, 0.25) is 0 Å². The van der Waals surface area contributed by atoms with Gasteiger partial charge in [0.1, 0.15) is 24.9 Å². The van der Waals surface area contributed by atoms with Crippen LogP contribution in [-0.2, 0) is 6.54 Å². The Balaban J connectivity index is 1.80. The van der Waals surface area contributed by atoms with Crippen LogP contribution in [0.1, 0.15) is 5.89 Å². The zero-order chi connectivity index (χ0) is 13.1. The van der Waals surface area contributed by atoms with Crippen LogP contribution in [0.3, 0.4) is 0 Å². The summed E-state index contributed by atoms with van der Waals surface area (Å²) in [6.45, 7) is 0.455. The van der Waals surface area contributed by atoms with Crippen LogP contribution in [0, 0.1) is 0 Å². The molecule has 2 heterocycles. The molecule has 3 aromatic rings. The number of aromatic nitrogens is 5. The van der Waals surface area contributed by atoms with Crippen LogP contribution < -0.4 is 4.74 Å². The fourth-order valence-corrected chi connectivity index (χ4v) is 1.63. The van der Waals surface area contributed by atoms with Crippen molar-refractivity contribution in [2.45, 2.75) is 6.54 Å². The maximum Gasteiger partial charge on any atom is 0.247 e. The van der Waals surface area contributed by atoms with Gasteiger partial charge in [-0.3, -0.25) is 0 Å². The molecule has 0 fully saturated rings. The molecule has 0 aliphatic rings. The molecule has 0 bridgehead atoms. The van der Waals surface area contributed by atoms with Gasteiger partial charge in [0, 0.05) is 5.56 Å². The van der Waals surface area contributed by atoms with E-state index in [2.05, 4.69) is 20.4 Å². The van der Waals surface area contributed by atoms with Gasteiger partial charge in [-0.15, -0.1) is 20.4 Å². The highest BCUT2D eigenvalue weighted by molar-refractivity contribution is 5.53. The van der Waals surface area contributed by atoms with Crippen molar-refractivity contribution in [3.63, 3.8) is 0 Å². The van der Waals surface area contributed by atoms with Crippen molar-refractivity contribution < 1.29 is 9.15 Å². The fraction of sp³-hybridized carbons (Fsp3) is 0.167. The van der Waals surface area contributed by atoms with Gasteiger partial charge in [-0.1, -0.05) is 0 Å². The molecule has 7 nitrogen and oxygen atoms in total. The average Bonchev–Trinajstić information content (AvgIpc) is 3.11. The third-order valence-electron chi connectivity index (χ3n) is 2.59. The topological polar surface area (TPSA) is 78.9 Å². The van der Waals surface area contributed by atoms with Crippen molar-refractivity contribution in [2.24, 2.45) is 0 Å². The Morgan fingerprint density at radius 3 is 2.53 bits per heavy atom. The van der Waals surface area contributed by atoms with Gasteiger partial charge in [-0.05, 0) is 24.3 Å². The van der Waals surface area contributed by atoms with Gasteiger partial charge in [0.05, 0.1) is 7.11 Å². The molecule has 0 radical (unpaired) electrons. The van der Waals surface area contributed by atoms with Crippen molar-refractivity contribution >= 4 is 0 Å². The minimum atomic E-state index is 0.455. The SMILES string of the molecule is COc1ccc(-c2nnc(Cn3cnnc3)o2)cc1. The molecule has 2 aromatic heterocycles. The molecule has 0 spiro atoms. The molecule has 96 valence electrons. The van der Waals surface area contributed by atoms with Gasteiger partial charge < -0.3 is 13.7 Å². The maximum atomic E-state index is 5.58. The van der Waals surface area contributed by atoms with Crippen molar-refractivity contribution in [3.8, 4) is 17.2 Å². The molecule has 0 saturated carbocycles. The molecule has 0 atom stereocenters. The second kappa shape index (κ2) is 4.89. The van der Waals surface area contributed by atoms with Crippen LogP contribution >= 0.6 is 0 Å². The fourth-order valence-electron chi connectivity index (χ4n) is 1.63. The lowest BCUT2D eigenvalue weighted by atomic mass is 10.2. The molecule has 0 aliphatic heterocycles. The second-order valence-electron chi connectivity index (χ2n) is 3.86. The average molecular weight is 257 g/mol. The first kappa shape index (κ1) is 11.4. The van der Waals surface area contributed by atoms with Crippen molar-refractivity contribution in [2.75, 3.05) is 7.11 Å². The highest BCUT2D eigenvalue weighted by Crippen LogP contribution is 2.21. The summed E-state index contributed by atoms with van der Waals surface area (Å²) in [5.74, 6) is 1.77. The molecule has 0 aliphatic carbocycles. The van der Waals surface area contributed by atoms with E-state index < -0.39 is 0 Å². The van der Waals surface area contributed by atoms with E-state index in [0.717, 1.165) is 11.3 Å². The monoisotopic (exact) mass is 257 g/mol. The van der Waals surface area contributed by atoms with E-state index in [-0.39, 0.29) is 0 Å². The Hall–Kier alpha value is -2.70. The summed E-state index contributed by atoms with van der Waals surface area (Å²) in [5, 5.41) is 15.4. The first-order chi connectivity index (χ1) is 9.35. The maximum absolute atomic E-state index is 5.58. The molecule has 7 heteroatoms. The van der Waals surface area contributed by atoms with E-state index in [0.29, 0.717) is 18.3 Å². The molecule has 1 aromatic carbocycles. The summed E-state index contributed by atoms with van der Waals surface area (Å²) >= 11 is 0. The third-order valence-corrected chi connectivity index (χ3v) is 2.59. The van der Waals surface area contributed by atoms with Crippen LogP contribution in [-0.4, -0.2) is 32.1 Å². The summed E-state index contributed by atoms with van der Waals surface area (Å²) in [6.07, 6.45) is 3.19. The minimum absolute atomic E-state index is 0.455. The molecule has 0 amide bonds. The van der Waals surface area contributed by atoms with Gasteiger partial charge >= 0.3 is 0 Å². The number of ether oxygens (including phenoxy) is 1. The number of hydrogen-bond acceptors (Lipinski definition) is 6. The molecule has 19 heavy (non-hydrogen) atoms. The van der Waals surface area contributed by atoms with E-state index in [1.165, 1.54) is 0 Å². The van der Waals surface area contributed by atoms with Gasteiger partial charge in [-0.25, -0.2) is 0 Å². The molecular weight excluding hydrogens is 246 g/mol. The predicted molar refractivity (Wildman–Crippen MR) is 65.4 cm³/mol. The molecular formula is C12H11N5O2. The Labute approximate surface area is 108 Å². The van der Waals surface area contributed by atoms with Crippen molar-refractivity contribution in [1.82, 2.24) is 25.0 Å². The minimum Gasteiger partial charge on any atom is -0.497 e. The van der Waals surface area contributed by atoms with Crippen molar-refractivity contribution in [3.05, 3.63) is 42.8 Å². The summed E-state index contributed by atoms with van der Waals surface area (Å²) in [6, 6.07) is 7.43. The van der Waals surface area contributed by atoms with E-state index >= 15 is 0 Å². The molecule has 3 rings (SSSR count). The summed E-state index contributed by atoms with van der Waals surface area (Å²) in [7, 11) is 1.62. The molecule has 0 unspecified atom stereocenters. The van der Waals surface area contributed by atoms with Gasteiger partial charge in [-0.2, -0.15) is 0 Å². The number of hydrogen-bond donors (Lipinski definition) is 0. The zero-order valence-corrected chi connectivity index (χ0v) is 10.2. The second-order valence-corrected chi connectivity index (χ2v) is 3.86. The Kier molecular flexibility index (Phi) is 2.93. The van der Waals surface area contributed by atoms with E-state index in [1.807, 2.05) is 24.3 Å². The lowest BCUT2D eigenvalue weighted by molar-refractivity contribution is 0.415. The van der Waals surface area contributed by atoms with E-state index in [4.69, 9.17) is 9.15 Å². The van der Waals surface area contributed by atoms with E-state index in [9.17, 15) is 0 Å². The summed E-state index contributed by atoms with van der Waals surface area (Å²) < 4.78 is 12.4. The van der Waals surface area contributed by atoms with Crippen LogP contribution in [0.25, 0.3) is 11.5 Å². The quantitative estimate of drug-likeness (QED) is 0.702. The highest BCUT2D eigenvalue weighted by atomic mass is 16.5. The van der Waals surface area contributed by atoms with E-state index in [1.54, 1.807) is 24.3 Å². The predicted octanol–water partition coefficient (Wildman–Crippen LogP) is 1.38. The van der Waals surface area contributed by atoms with Crippen LogP contribution in [0.5, 0.6) is 5.75 Å². The third kappa shape index (κ3) is 2.44. The number of rotatable bonds is 4. The Bertz CT molecular complexity index is 645. The van der Waals surface area contributed by atoms with Crippen LogP contribution in [0.15, 0.2) is 41.3 Å². The number of benzene rings is 1. The standard InChI is InChI=1S/C12H11N5O2/c1-18-10-4-2-9(3-5-10)12-16-15-11(19-12)6-17-7-13-14-8-17/h2-5,7-8H,6H2,1H3. The summed E-state index contributed by atoms with van der Waals surface area (Å²) in [5.41, 5.74) is 0.850. The van der Waals surface area contributed by atoms with Gasteiger partial charge in [0.25, 0.3) is 0 Å². The van der Waals surface area contributed by atoms with Gasteiger partial charge in [0.15, 0.2) is 0 Å². The number of methoxy groups -OCH3 is 1. The number of nitrogens with zero attached hydrogens (tertiary/aromatic N) is 5. The normalized spacial score (nSPS) is 10.6. The van der Waals surface area contributed by atoms with Crippen molar-refractivity contribution in [1.29, 1.82) is 0 Å². The molecule has 0 N–H and O–H groups in total. The first-order valence-corrected chi connectivity index (χ1v) is 5.64. The smallest absolute Gasteiger partial charge is 0.247 e. The van der Waals surface area contributed by atoms with Crippen LogP contribution in [0.4, 0.5) is 0 Å². The highest BCUT2D eigenvalue weighted by Gasteiger charge is 2.09. The van der Waals surface area contributed by atoms with Gasteiger partial charge in [0.2, 0.25) is 11.8 Å². The Morgan fingerprint density at radius 1 is 1.11 bits per heavy atom. The summed E-state index contributed by atoms with van der Waals surface area (Å²) in [4.78, 5) is 0. The molecule has 0 saturated heterocycles.